The van der Waals surface area contributed by atoms with Gasteiger partial charge in [-0.15, -0.1) is 0 Å². The third kappa shape index (κ3) is 2.90. The molecule has 5 heteroatoms. The third-order valence-electron chi connectivity index (χ3n) is 2.02. The van der Waals surface area contributed by atoms with E-state index >= 15 is 0 Å². The topological polar surface area (TPSA) is 55.2 Å². The fraction of sp³-hybridized carbons (Fsp3) is 0.400. The molecule has 0 aliphatic rings. The first-order valence-electron chi connectivity index (χ1n) is 4.83. The summed E-state index contributed by atoms with van der Waals surface area (Å²) in [6, 6.07) is 4.05. The van der Waals surface area contributed by atoms with Gasteiger partial charge in [0.1, 0.15) is 5.69 Å². The molecule has 1 rings (SSSR count). The minimum atomic E-state index is -0.804. The Morgan fingerprint density at radius 2 is 2.27 bits per heavy atom. The van der Waals surface area contributed by atoms with Crippen LogP contribution >= 0.6 is 0 Å². The molecule has 0 aliphatic carbocycles. The molecular formula is C10H13FN2O2. The van der Waals surface area contributed by atoms with Crippen molar-refractivity contribution >= 4 is 11.4 Å². The number of nitrogens with one attached hydrogen (secondary N) is 1. The van der Waals surface area contributed by atoms with Crippen molar-refractivity contribution in [1.82, 2.24) is 0 Å². The number of nitrogens with zero attached hydrogens (tertiary/aromatic N) is 1. The van der Waals surface area contributed by atoms with E-state index in [-0.39, 0.29) is 5.69 Å². The Balaban J connectivity index is 2.86. The first-order chi connectivity index (χ1) is 7.16. The zero-order valence-electron chi connectivity index (χ0n) is 8.50. The summed E-state index contributed by atoms with van der Waals surface area (Å²) in [6.07, 6.45) is 1.88. The van der Waals surface area contributed by atoms with Gasteiger partial charge in [-0.25, -0.2) is 0 Å². The average Bonchev–Trinajstić information content (AvgIpc) is 2.17. The standard InChI is InChI=1S/C10H13FN2O2/c1-2-3-7-12-9-6-4-5-8(11)10(9)13(14)15/h4-6,12H,2-3,7H2,1H3. The van der Waals surface area contributed by atoms with Crippen LogP contribution in [-0.2, 0) is 0 Å². The first kappa shape index (κ1) is 11.4. The van der Waals surface area contributed by atoms with Gasteiger partial charge >= 0.3 is 5.69 Å². The van der Waals surface area contributed by atoms with Crippen LogP contribution in [0.25, 0.3) is 0 Å². The number of para-hydroxylation sites is 1. The summed E-state index contributed by atoms with van der Waals surface area (Å²) < 4.78 is 13.1. The highest BCUT2D eigenvalue weighted by atomic mass is 19.1. The molecule has 0 saturated heterocycles. The van der Waals surface area contributed by atoms with Gasteiger partial charge in [0.2, 0.25) is 5.82 Å². The minimum Gasteiger partial charge on any atom is -0.379 e. The highest BCUT2D eigenvalue weighted by Gasteiger charge is 2.18. The van der Waals surface area contributed by atoms with Crippen molar-refractivity contribution in [2.75, 3.05) is 11.9 Å². The molecule has 0 heterocycles. The van der Waals surface area contributed by atoms with E-state index in [1.165, 1.54) is 12.1 Å². The molecule has 0 saturated carbocycles. The summed E-state index contributed by atoms with van der Waals surface area (Å²) in [6.45, 7) is 2.63. The van der Waals surface area contributed by atoms with Crippen molar-refractivity contribution in [2.24, 2.45) is 0 Å². The quantitative estimate of drug-likeness (QED) is 0.463. The number of benzene rings is 1. The molecule has 15 heavy (non-hydrogen) atoms. The van der Waals surface area contributed by atoms with Crippen molar-refractivity contribution in [1.29, 1.82) is 0 Å². The molecule has 0 unspecified atom stereocenters. The lowest BCUT2D eigenvalue weighted by atomic mass is 10.2. The van der Waals surface area contributed by atoms with E-state index in [1.54, 1.807) is 0 Å². The molecule has 0 bridgehead atoms. The maximum absolute atomic E-state index is 13.1. The van der Waals surface area contributed by atoms with E-state index in [9.17, 15) is 14.5 Å². The normalized spacial score (nSPS) is 10.0. The summed E-state index contributed by atoms with van der Waals surface area (Å²) in [4.78, 5) is 9.90. The smallest absolute Gasteiger partial charge is 0.327 e. The molecule has 82 valence electrons. The van der Waals surface area contributed by atoms with Crippen LogP contribution in [0.3, 0.4) is 0 Å². The number of nitro groups is 1. The number of unbranched alkanes of at least 4 members (excludes halogenated alkanes) is 1. The number of nitro benzene ring substituents is 1. The second-order valence-electron chi connectivity index (χ2n) is 3.17. The number of hydrogen-bond acceptors (Lipinski definition) is 3. The zero-order chi connectivity index (χ0) is 11.3. The van der Waals surface area contributed by atoms with Crippen LogP contribution in [0.4, 0.5) is 15.8 Å². The highest BCUT2D eigenvalue weighted by Crippen LogP contribution is 2.26. The van der Waals surface area contributed by atoms with Crippen LogP contribution in [-0.4, -0.2) is 11.5 Å². The first-order valence-corrected chi connectivity index (χ1v) is 4.83. The van der Waals surface area contributed by atoms with E-state index in [4.69, 9.17) is 0 Å². The number of rotatable bonds is 5. The summed E-state index contributed by atoms with van der Waals surface area (Å²) in [7, 11) is 0. The van der Waals surface area contributed by atoms with Crippen molar-refractivity contribution in [3.8, 4) is 0 Å². The Labute approximate surface area is 87.3 Å². The highest BCUT2D eigenvalue weighted by molar-refractivity contribution is 5.61. The van der Waals surface area contributed by atoms with Gasteiger partial charge in [0, 0.05) is 6.54 Å². The van der Waals surface area contributed by atoms with Gasteiger partial charge < -0.3 is 5.32 Å². The summed E-state index contributed by atoms with van der Waals surface area (Å²) in [5.74, 6) is -0.804. The van der Waals surface area contributed by atoms with Gasteiger partial charge in [0.25, 0.3) is 0 Å². The molecule has 4 nitrogen and oxygen atoms in total. The second-order valence-corrected chi connectivity index (χ2v) is 3.17. The van der Waals surface area contributed by atoms with Crippen LogP contribution in [0.2, 0.25) is 0 Å². The van der Waals surface area contributed by atoms with E-state index in [1.807, 2.05) is 6.92 Å². The Hall–Kier alpha value is -1.65. The lowest BCUT2D eigenvalue weighted by Gasteiger charge is -2.06. The van der Waals surface area contributed by atoms with Gasteiger partial charge in [0.15, 0.2) is 0 Å². The van der Waals surface area contributed by atoms with E-state index in [0.717, 1.165) is 18.9 Å². The molecule has 0 radical (unpaired) electrons. The van der Waals surface area contributed by atoms with Crippen molar-refractivity contribution in [3.05, 3.63) is 34.1 Å². The Bertz CT molecular complexity index is 355. The second kappa shape index (κ2) is 5.29. The lowest BCUT2D eigenvalue weighted by molar-refractivity contribution is -0.386. The van der Waals surface area contributed by atoms with Gasteiger partial charge in [-0.05, 0) is 18.6 Å². The zero-order valence-corrected chi connectivity index (χ0v) is 8.50. The largest absolute Gasteiger partial charge is 0.379 e. The molecule has 1 aromatic carbocycles. The molecule has 1 N–H and O–H groups in total. The van der Waals surface area contributed by atoms with Gasteiger partial charge in [-0.1, -0.05) is 19.4 Å². The van der Waals surface area contributed by atoms with E-state index in [0.29, 0.717) is 6.54 Å². The third-order valence-corrected chi connectivity index (χ3v) is 2.02. The lowest BCUT2D eigenvalue weighted by Crippen LogP contribution is -2.05. The minimum absolute atomic E-state index is 0.244. The average molecular weight is 212 g/mol. The van der Waals surface area contributed by atoms with Crippen LogP contribution in [0.15, 0.2) is 18.2 Å². The molecule has 0 aromatic heterocycles. The maximum atomic E-state index is 13.1. The molecule has 0 atom stereocenters. The van der Waals surface area contributed by atoms with Crippen LogP contribution in [0.1, 0.15) is 19.8 Å². The molecule has 0 aliphatic heterocycles. The van der Waals surface area contributed by atoms with Crippen molar-refractivity contribution in [3.63, 3.8) is 0 Å². The summed E-state index contributed by atoms with van der Waals surface area (Å²) in [5, 5.41) is 13.5. The Kier molecular flexibility index (Phi) is 4.03. The van der Waals surface area contributed by atoms with Gasteiger partial charge in [-0.3, -0.25) is 10.1 Å². The summed E-state index contributed by atoms with van der Waals surface area (Å²) in [5.41, 5.74) is -0.234. The monoisotopic (exact) mass is 212 g/mol. The molecule has 1 aromatic rings. The van der Waals surface area contributed by atoms with E-state index < -0.39 is 16.4 Å². The molecular weight excluding hydrogens is 199 g/mol. The SMILES string of the molecule is CCCCNc1cccc(F)c1[N+](=O)[O-]. The van der Waals surface area contributed by atoms with Crippen molar-refractivity contribution < 1.29 is 9.31 Å². The predicted molar refractivity (Wildman–Crippen MR) is 56.5 cm³/mol. The maximum Gasteiger partial charge on any atom is 0.327 e. The molecule has 0 spiro atoms. The fourth-order valence-electron chi connectivity index (χ4n) is 1.24. The number of anilines is 1. The predicted octanol–water partition coefficient (Wildman–Crippen LogP) is 2.95. The van der Waals surface area contributed by atoms with Crippen LogP contribution in [0, 0.1) is 15.9 Å². The van der Waals surface area contributed by atoms with Crippen LogP contribution in [0.5, 0.6) is 0 Å². The molecule has 0 fully saturated rings. The summed E-state index contributed by atoms with van der Waals surface area (Å²) >= 11 is 0. The van der Waals surface area contributed by atoms with Gasteiger partial charge in [0.05, 0.1) is 4.92 Å². The molecule has 0 amide bonds. The van der Waals surface area contributed by atoms with Crippen molar-refractivity contribution in [2.45, 2.75) is 19.8 Å². The van der Waals surface area contributed by atoms with E-state index in [2.05, 4.69) is 5.32 Å². The Morgan fingerprint density at radius 3 is 2.87 bits per heavy atom. The number of halogens is 1. The van der Waals surface area contributed by atoms with Crippen LogP contribution < -0.4 is 5.32 Å². The van der Waals surface area contributed by atoms with Gasteiger partial charge in [-0.2, -0.15) is 4.39 Å². The fourth-order valence-corrected chi connectivity index (χ4v) is 1.24. The Morgan fingerprint density at radius 1 is 1.53 bits per heavy atom. The number of hydrogen-bond donors (Lipinski definition) is 1.